The molecule has 0 aliphatic rings. The number of anilines is 2. The Morgan fingerprint density at radius 1 is 1.03 bits per heavy atom. The molecular formula is C27H26N6O2. The molecule has 2 aromatic heterocycles. The highest BCUT2D eigenvalue weighted by Crippen LogP contribution is 2.31. The summed E-state index contributed by atoms with van der Waals surface area (Å²) in [7, 11) is 3.53. The van der Waals surface area contributed by atoms with Gasteiger partial charge in [0.2, 0.25) is 0 Å². The molecule has 0 unspecified atom stereocenters. The van der Waals surface area contributed by atoms with Crippen LogP contribution in [-0.4, -0.2) is 32.7 Å². The van der Waals surface area contributed by atoms with Crippen LogP contribution >= 0.6 is 0 Å². The number of fused-ring (bicyclic) bond motifs is 1. The second-order valence-electron chi connectivity index (χ2n) is 8.35. The molecule has 0 atom stereocenters. The standard InChI is InChI=1S/C27H26N6O2/c1-18-25(21-15-28-32(2)16-21)31-33(22-9-5-4-6-10-22)26(18)30-27(34)29-24-11-7-8-20-13-12-19(17-35-3)14-23(20)24/h4-16H,17H2,1-3H3,(H2,29,30,34). The van der Waals surface area contributed by atoms with Gasteiger partial charge in [0.15, 0.2) is 0 Å². The molecule has 0 bridgehead atoms. The highest BCUT2D eigenvalue weighted by molar-refractivity contribution is 6.06. The lowest BCUT2D eigenvalue weighted by atomic mass is 10.1. The van der Waals surface area contributed by atoms with Crippen LogP contribution in [-0.2, 0) is 18.4 Å². The Labute approximate surface area is 203 Å². The number of benzene rings is 3. The van der Waals surface area contributed by atoms with E-state index >= 15 is 0 Å². The van der Waals surface area contributed by atoms with E-state index in [2.05, 4.69) is 15.7 Å². The third kappa shape index (κ3) is 4.51. The monoisotopic (exact) mass is 466 g/mol. The molecule has 0 aliphatic heterocycles. The Balaban J connectivity index is 1.50. The van der Waals surface area contributed by atoms with Gasteiger partial charge < -0.3 is 10.1 Å². The number of aryl methyl sites for hydroxylation is 1. The number of methoxy groups -OCH3 is 1. The molecule has 8 nitrogen and oxygen atoms in total. The first-order valence-corrected chi connectivity index (χ1v) is 11.3. The minimum absolute atomic E-state index is 0.354. The van der Waals surface area contributed by atoms with Crippen LogP contribution in [0, 0.1) is 6.92 Å². The fraction of sp³-hybridized carbons (Fsp3) is 0.148. The first-order valence-electron chi connectivity index (χ1n) is 11.3. The molecule has 176 valence electrons. The number of urea groups is 1. The molecule has 5 rings (SSSR count). The maximum absolute atomic E-state index is 13.2. The molecule has 0 saturated heterocycles. The van der Waals surface area contributed by atoms with E-state index in [1.807, 2.05) is 86.9 Å². The molecule has 2 amide bonds. The van der Waals surface area contributed by atoms with Gasteiger partial charge in [-0.05, 0) is 42.1 Å². The molecule has 0 saturated carbocycles. The molecule has 5 aromatic rings. The summed E-state index contributed by atoms with van der Waals surface area (Å²) in [5, 5.41) is 17.1. The summed E-state index contributed by atoms with van der Waals surface area (Å²) >= 11 is 0. The van der Waals surface area contributed by atoms with Crippen molar-refractivity contribution in [1.82, 2.24) is 19.6 Å². The maximum Gasteiger partial charge on any atom is 0.324 e. The zero-order valence-corrected chi connectivity index (χ0v) is 19.8. The van der Waals surface area contributed by atoms with Crippen LogP contribution in [0.1, 0.15) is 11.1 Å². The normalized spacial score (nSPS) is 11.1. The Bertz CT molecular complexity index is 1500. The minimum Gasteiger partial charge on any atom is -0.380 e. The topological polar surface area (TPSA) is 86.0 Å². The molecule has 2 N–H and O–H groups in total. The number of carbonyl (C=O) groups is 1. The van der Waals surface area contributed by atoms with Crippen molar-refractivity contribution < 1.29 is 9.53 Å². The summed E-state index contributed by atoms with van der Waals surface area (Å²) in [6.07, 6.45) is 3.67. The van der Waals surface area contributed by atoms with Gasteiger partial charge in [0.05, 0.1) is 24.2 Å². The maximum atomic E-state index is 13.2. The third-order valence-corrected chi connectivity index (χ3v) is 5.84. The van der Waals surface area contributed by atoms with Crippen LogP contribution < -0.4 is 10.6 Å². The fourth-order valence-corrected chi connectivity index (χ4v) is 4.16. The van der Waals surface area contributed by atoms with E-state index in [1.165, 1.54) is 0 Å². The number of ether oxygens (including phenoxy) is 1. The zero-order chi connectivity index (χ0) is 24.4. The van der Waals surface area contributed by atoms with Crippen molar-refractivity contribution in [3.63, 3.8) is 0 Å². The van der Waals surface area contributed by atoms with Crippen molar-refractivity contribution in [2.75, 3.05) is 17.7 Å². The number of para-hydroxylation sites is 1. The highest BCUT2D eigenvalue weighted by atomic mass is 16.5. The number of hydrogen-bond donors (Lipinski definition) is 2. The third-order valence-electron chi connectivity index (χ3n) is 5.84. The van der Waals surface area contributed by atoms with E-state index < -0.39 is 0 Å². The van der Waals surface area contributed by atoms with Gasteiger partial charge in [-0.15, -0.1) is 0 Å². The van der Waals surface area contributed by atoms with Crippen molar-refractivity contribution in [1.29, 1.82) is 0 Å². The largest absolute Gasteiger partial charge is 0.380 e. The lowest BCUT2D eigenvalue weighted by Crippen LogP contribution is -2.22. The smallest absolute Gasteiger partial charge is 0.324 e. The molecule has 2 heterocycles. The Morgan fingerprint density at radius 3 is 2.60 bits per heavy atom. The second-order valence-corrected chi connectivity index (χ2v) is 8.35. The van der Waals surface area contributed by atoms with Gasteiger partial charge in [0.25, 0.3) is 0 Å². The Kier molecular flexibility index (Phi) is 6.03. The van der Waals surface area contributed by atoms with Gasteiger partial charge in [-0.3, -0.25) is 10.00 Å². The number of rotatable bonds is 6. The number of nitrogens with one attached hydrogen (secondary N) is 2. The number of aromatic nitrogens is 4. The van der Waals surface area contributed by atoms with E-state index in [9.17, 15) is 4.79 Å². The lowest BCUT2D eigenvalue weighted by molar-refractivity contribution is 0.185. The molecule has 0 aliphatic carbocycles. The highest BCUT2D eigenvalue weighted by Gasteiger charge is 2.20. The van der Waals surface area contributed by atoms with Crippen LogP contribution in [0.2, 0.25) is 0 Å². The number of nitrogens with zero attached hydrogens (tertiary/aromatic N) is 4. The molecular weight excluding hydrogens is 440 g/mol. The van der Waals surface area contributed by atoms with Crippen molar-refractivity contribution in [2.24, 2.45) is 7.05 Å². The van der Waals surface area contributed by atoms with Crippen molar-refractivity contribution in [3.8, 4) is 16.9 Å². The van der Waals surface area contributed by atoms with Crippen molar-refractivity contribution in [3.05, 3.63) is 90.3 Å². The molecule has 35 heavy (non-hydrogen) atoms. The van der Waals surface area contributed by atoms with Crippen LogP contribution in [0.25, 0.3) is 27.7 Å². The Hall–Kier alpha value is -4.43. The Morgan fingerprint density at radius 2 is 1.86 bits per heavy atom. The summed E-state index contributed by atoms with van der Waals surface area (Å²) in [6, 6.07) is 21.3. The average Bonchev–Trinajstić information content (AvgIpc) is 3.43. The lowest BCUT2D eigenvalue weighted by Gasteiger charge is -2.13. The van der Waals surface area contributed by atoms with Crippen molar-refractivity contribution >= 4 is 28.3 Å². The summed E-state index contributed by atoms with van der Waals surface area (Å²) in [5.41, 5.74) is 5.07. The van der Waals surface area contributed by atoms with Gasteiger partial charge in [-0.2, -0.15) is 10.2 Å². The summed E-state index contributed by atoms with van der Waals surface area (Å²) < 4.78 is 8.75. The predicted octanol–water partition coefficient (Wildman–Crippen LogP) is 5.52. The molecule has 0 radical (unpaired) electrons. The molecule has 0 spiro atoms. The first kappa shape index (κ1) is 22.4. The predicted molar refractivity (Wildman–Crippen MR) is 138 cm³/mol. The van der Waals surface area contributed by atoms with E-state index in [0.29, 0.717) is 18.1 Å². The van der Waals surface area contributed by atoms with Crippen LogP contribution in [0.5, 0.6) is 0 Å². The fourth-order valence-electron chi connectivity index (χ4n) is 4.16. The summed E-state index contributed by atoms with van der Waals surface area (Å²) in [4.78, 5) is 13.2. The zero-order valence-electron chi connectivity index (χ0n) is 19.8. The average molecular weight is 467 g/mol. The SMILES string of the molecule is COCc1ccc2cccc(NC(=O)Nc3c(C)c(-c4cnn(C)c4)nn3-c3ccccc3)c2c1. The van der Waals surface area contributed by atoms with Gasteiger partial charge in [-0.1, -0.05) is 42.5 Å². The van der Waals surface area contributed by atoms with Crippen LogP contribution in [0.3, 0.4) is 0 Å². The van der Waals surface area contributed by atoms with Crippen LogP contribution in [0.4, 0.5) is 16.3 Å². The minimum atomic E-state index is -0.354. The van der Waals surface area contributed by atoms with E-state index in [4.69, 9.17) is 9.84 Å². The van der Waals surface area contributed by atoms with E-state index in [0.717, 1.165) is 38.8 Å². The molecule has 8 heteroatoms. The van der Waals surface area contributed by atoms with Gasteiger partial charge >= 0.3 is 6.03 Å². The molecule has 3 aromatic carbocycles. The van der Waals surface area contributed by atoms with Gasteiger partial charge in [-0.25, -0.2) is 9.48 Å². The number of hydrogen-bond acceptors (Lipinski definition) is 4. The van der Waals surface area contributed by atoms with E-state index in [1.54, 1.807) is 22.7 Å². The van der Waals surface area contributed by atoms with Gasteiger partial charge in [0.1, 0.15) is 11.5 Å². The quantitative estimate of drug-likeness (QED) is 0.345. The number of carbonyl (C=O) groups excluding carboxylic acids is 1. The number of amides is 2. The second kappa shape index (κ2) is 9.44. The molecule has 0 fully saturated rings. The first-order chi connectivity index (χ1) is 17.0. The van der Waals surface area contributed by atoms with Crippen molar-refractivity contribution in [2.45, 2.75) is 13.5 Å². The van der Waals surface area contributed by atoms with Crippen LogP contribution in [0.15, 0.2) is 79.1 Å². The summed E-state index contributed by atoms with van der Waals surface area (Å²) in [6.45, 7) is 2.45. The van der Waals surface area contributed by atoms with Gasteiger partial charge in [0, 0.05) is 36.9 Å². The van der Waals surface area contributed by atoms with E-state index in [-0.39, 0.29) is 6.03 Å². The summed E-state index contributed by atoms with van der Waals surface area (Å²) in [5.74, 6) is 0.591.